The molecule has 0 fully saturated rings. The standard InChI is InChI=1S/C17H14N4O2/c1-11-6-8-12(9-7-11)10-18-21-17(23)15-19-14-5-3-2-4-13(14)16(22)20-15/h2-10H,1H3,(H,21,23)(H,19,20,22). The number of hydrogen-bond acceptors (Lipinski definition) is 4. The molecule has 0 bridgehead atoms. The van der Waals surface area contributed by atoms with Gasteiger partial charge in [-0.3, -0.25) is 9.59 Å². The van der Waals surface area contributed by atoms with Crippen LogP contribution in [0.1, 0.15) is 21.7 Å². The minimum Gasteiger partial charge on any atom is -0.302 e. The maximum atomic E-state index is 12.0. The van der Waals surface area contributed by atoms with E-state index < -0.39 is 5.91 Å². The van der Waals surface area contributed by atoms with Crippen LogP contribution in [-0.4, -0.2) is 22.1 Å². The van der Waals surface area contributed by atoms with Crippen LogP contribution in [0.5, 0.6) is 0 Å². The zero-order valence-electron chi connectivity index (χ0n) is 12.4. The van der Waals surface area contributed by atoms with Gasteiger partial charge in [-0.1, -0.05) is 42.0 Å². The molecule has 1 aromatic heterocycles. The summed E-state index contributed by atoms with van der Waals surface area (Å²) in [5.41, 5.74) is 4.46. The Kier molecular flexibility index (Phi) is 3.97. The lowest BCUT2D eigenvalue weighted by molar-refractivity contribution is 0.0945. The van der Waals surface area contributed by atoms with Gasteiger partial charge in [-0.15, -0.1) is 0 Å². The normalized spacial score (nSPS) is 11.0. The highest BCUT2D eigenvalue weighted by atomic mass is 16.2. The fraction of sp³-hybridized carbons (Fsp3) is 0.0588. The first-order valence-electron chi connectivity index (χ1n) is 7.02. The Morgan fingerprint density at radius 3 is 2.70 bits per heavy atom. The molecule has 1 amide bonds. The SMILES string of the molecule is Cc1ccc(C=NNC(=O)c2nc3ccccc3c(=O)[nH]2)cc1. The minimum atomic E-state index is -0.573. The minimum absolute atomic E-state index is 0.0743. The van der Waals surface area contributed by atoms with Gasteiger partial charge in [0.25, 0.3) is 5.56 Å². The summed E-state index contributed by atoms with van der Waals surface area (Å²) in [4.78, 5) is 30.5. The molecular weight excluding hydrogens is 292 g/mol. The molecule has 0 spiro atoms. The molecule has 0 unspecified atom stereocenters. The van der Waals surface area contributed by atoms with Crippen LogP contribution in [0.3, 0.4) is 0 Å². The maximum absolute atomic E-state index is 12.0. The number of aryl methyl sites for hydroxylation is 1. The van der Waals surface area contributed by atoms with Crippen LogP contribution >= 0.6 is 0 Å². The van der Waals surface area contributed by atoms with Crippen molar-refractivity contribution in [1.82, 2.24) is 15.4 Å². The number of hydrogen-bond donors (Lipinski definition) is 2. The highest BCUT2D eigenvalue weighted by Crippen LogP contribution is 2.05. The molecule has 23 heavy (non-hydrogen) atoms. The van der Waals surface area contributed by atoms with Gasteiger partial charge in [-0.05, 0) is 24.6 Å². The monoisotopic (exact) mass is 306 g/mol. The highest BCUT2D eigenvalue weighted by Gasteiger charge is 2.10. The van der Waals surface area contributed by atoms with E-state index in [1.54, 1.807) is 24.3 Å². The van der Waals surface area contributed by atoms with E-state index in [0.717, 1.165) is 11.1 Å². The van der Waals surface area contributed by atoms with Gasteiger partial charge < -0.3 is 4.98 Å². The lowest BCUT2D eigenvalue weighted by Gasteiger charge is -2.01. The van der Waals surface area contributed by atoms with Crippen LogP contribution in [0.4, 0.5) is 0 Å². The molecule has 6 heteroatoms. The molecule has 0 aliphatic rings. The second kappa shape index (κ2) is 6.23. The number of rotatable bonds is 3. The number of carbonyl (C=O) groups excluding carboxylic acids is 1. The van der Waals surface area contributed by atoms with E-state index in [9.17, 15) is 9.59 Å². The number of carbonyl (C=O) groups is 1. The number of hydrazone groups is 1. The van der Waals surface area contributed by atoms with Gasteiger partial charge in [-0.2, -0.15) is 5.10 Å². The highest BCUT2D eigenvalue weighted by molar-refractivity contribution is 5.93. The van der Waals surface area contributed by atoms with Gasteiger partial charge in [0, 0.05) is 0 Å². The molecule has 3 rings (SSSR count). The van der Waals surface area contributed by atoms with Crippen molar-refractivity contribution in [3.05, 3.63) is 75.8 Å². The fourth-order valence-corrected chi connectivity index (χ4v) is 2.06. The molecule has 0 saturated carbocycles. The van der Waals surface area contributed by atoms with Crippen molar-refractivity contribution in [1.29, 1.82) is 0 Å². The van der Waals surface area contributed by atoms with E-state index in [1.807, 2.05) is 31.2 Å². The number of amides is 1. The summed E-state index contributed by atoms with van der Waals surface area (Å²) in [7, 11) is 0. The van der Waals surface area contributed by atoms with Crippen LogP contribution < -0.4 is 11.0 Å². The second-order valence-corrected chi connectivity index (χ2v) is 5.04. The Bertz CT molecular complexity index is 943. The summed E-state index contributed by atoms with van der Waals surface area (Å²) < 4.78 is 0. The van der Waals surface area contributed by atoms with Crippen molar-refractivity contribution in [2.75, 3.05) is 0 Å². The van der Waals surface area contributed by atoms with Gasteiger partial charge in [-0.25, -0.2) is 10.4 Å². The number of nitrogens with zero attached hydrogens (tertiary/aromatic N) is 2. The molecule has 114 valence electrons. The summed E-state index contributed by atoms with van der Waals surface area (Å²) in [5, 5.41) is 4.31. The number of para-hydroxylation sites is 1. The molecule has 0 aliphatic carbocycles. The van der Waals surface area contributed by atoms with Crippen LogP contribution in [0, 0.1) is 6.92 Å². The predicted molar refractivity (Wildman–Crippen MR) is 88.6 cm³/mol. The van der Waals surface area contributed by atoms with E-state index in [2.05, 4.69) is 20.5 Å². The van der Waals surface area contributed by atoms with Crippen LogP contribution in [-0.2, 0) is 0 Å². The topological polar surface area (TPSA) is 87.2 Å². The maximum Gasteiger partial charge on any atom is 0.307 e. The zero-order chi connectivity index (χ0) is 16.2. The van der Waals surface area contributed by atoms with Crippen molar-refractivity contribution in [3.8, 4) is 0 Å². The molecule has 3 aromatic rings. The van der Waals surface area contributed by atoms with Crippen molar-refractivity contribution in [2.24, 2.45) is 5.10 Å². The summed E-state index contributed by atoms with van der Waals surface area (Å²) >= 11 is 0. The van der Waals surface area contributed by atoms with E-state index in [1.165, 1.54) is 6.21 Å². The zero-order valence-corrected chi connectivity index (χ0v) is 12.4. The first-order valence-corrected chi connectivity index (χ1v) is 7.02. The molecular formula is C17H14N4O2. The number of nitrogens with one attached hydrogen (secondary N) is 2. The van der Waals surface area contributed by atoms with Crippen LogP contribution in [0.2, 0.25) is 0 Å². The number of benzene rings is 2. The van der Waals surface area contributed by atoms with Gasteiger partial charge >= 0.3 is 5.91 Å². The third-order valence-electron chi connectivity index (χ3n) is 3.29. The summed E-state index contributed by atoms with van der Waals surface area (Å²) in [5.74, 6) is -0.647. The van der Waals surface area contributed by atoms with Crippen molar-refractivity contribution >= 4 is 23.0 Å². The summed E-state index contributed by atoms with van der Waals surface area (Å²) in [6, 6.07) is 14.5. The number of fused-ring (bicyclic) bond motifs is 1. The quantitative estimate of drug-likeness (QED) is 0.573. The summed E-state index contributed by atoms with van der Waals surface area (Å²) in [6.45, 7) is 1.99. The Morgan fingerprint density at radius 2 is 1.91 bits per heavy atom. The number of aromatic amines is 1. The Balaban J connectivity index is 1.78. The number of aromatic nitrogens is 2. The van der Waals surface area contributed by atoms with E-state index in [-0.39, 0.29) is 11.4 Å². The van der Waals surface area contributed by atoms with Gasteiger partial charge in [0.1, 0.15) is 0 Å². The molecule has 2 N–H and O–H groups in total. The summed E-state index contributed by atoms with van der Waals surface area (Å²) in [6.07, 6.45) is 1.52. The van der Waals surface area contributed by atoms with E-state index in [4.69, 9.17) is 0 Å². The Labute approximate surface area is 131 Å². The first-order chi connectivity index (χ1) is 11.1. The average Bonchev–Trinajstić information content (AvgIpc) is 2.56. The average molecular weight is 306 g/mol. The number of H-pyrrole nitrogens is 1. The lowest BCUT2D eigenvalue weighted by Crippen LogP contribution is -2.24. The first kappa shape index (κ1) is 14.6. The Morgan fingerprint density at radius 1 is 1.17 bits per heavy atom. The van der Waals surface area contributed by atoms with Gasteiger partial charge in [0.05, 0.1) is 17.1 Å². The van der Waals surface area contributed by atoms with E-state index >= 15 is 0 Å². The second-order valence-electron chi connectivity index (χ2n) is 5.04. The predicted octanol–water partition coefficient (Wildman–Crippen LogP) is 2.00. The molecule has 6 nitrogen and oxygen atoms in total. The van der Waals surface area contributed by atoms with Gasteiger partial charge in [0.2, 0.25) is 5.82 Å². The fourth-order valence-electron chi connectivity index (χ4n) is 2.06. The third kappa shape index (κ3) is 3.32. The van der Waals surface area contributed by atoms with Crippen molar-refractivity contribution < 1.29 is 4.79 Å². The molecule has 0 atom stereocenters. The molecule has 1 heterocycles. The Hall–Kier alpha value is -3.28. The molecule has 2 aromatic carbocycles. The van der Waals surface area contributed by atoms with Crippen LogP contribution in [0.15, 0.2) is 58.4 Å². The smallest absolute Gasteiger partial charge is 0.302 e. The van der Waals surface area contributed by atoms with E-state index in [0.29, 0.717) is 10.9 Å². The van der Waals surface area contributed by atoms with Crippen molar-refractivity contribution in [3.63, 3.8) is 0 Å². The van der Waals surface area contributed by atoms with Gasteiger partial charge in [0.15, 0.2) is 0 Å². The molecule has 0 radical (unpaired) electrons. The molecule has 0 aliphatic heterocycles. The molecule has 0 saturated heterocycles. The largest absolute Gasteiger partial charge is 0.307 e. The van der Waals surface area contributed by atoms with Crippen molar-refractivity contribution in [2.45, 2.75) is 6.92 Å². The third-order valence-corrected chi connectivity index (χ3v) is 3.29. The lowest BCUT2D eigenvalue weighted by atomic mass is 10.2. The van der Waals surface area contributed by atoms with Crippen LogP contribution in [0.25, 0.3) is 10.9 Å².